The Hall–Kier alpha value is -2.82. The van der Waals surface area contributed by atoms with E-state index in [9.17, 15) is 9.59 Å². The van der Waals surface area contributed by atoms with Crippen LogP contribution in [0, 0.1) is 13.8 Å². The molecule has 0 saturated carbocycles. The first-order chi connectivity index (χ1) is 13.1. The SMILES string of the molecule is Cc1cccc(OCCC(=O)N2CCN(C(=O)c3ccccc3)CC2)c1C. The van der Waals surface area contributed by atoms with Crippen LogP contribution >= 0.6 is 0 Å². The number of carbonyl (C=O) groups is 2. The van der Waals surface area contributed by atoms with Crippen molar-refractivity contribution in [2.75, 3.05) is 32.8 Å². The minimum Gasteiger partial charge on any atom is -0.493 e. The van der Waals surface area contributed by atoms with Crippen LogP contribution in [-0.4, -0.2) is 54.4 Å². The summed E-state index contributed by atoms with van der Waals surface area (Å²) >= 11 is 0. The van der Waals surface area contributed by atoms with Gasteiger partial charge in [-0.1, -0.05) is 30.3 Å². The van der Waals surface area contributed by atoms with Gasteiger partial charge >= 0.3 is 0 Å². The predicted octanol–water partition coefficient (Wildman–Crippen LogP) is 3.06. The Morgan fingerprint density at radius 3 is 2.26 bits per heavy atom. The van der Waals surface area contributed by atoms with Crippen molar-refractivity contribution in [2.45, 2.75) is 20.3 Å². The monoisotopic (exact) mass is 366 g/mol. The van der Waals surface area contributed by atoms with Gasteiger partial charge in [-0.05, 0) is 43.2 Å². The van der Waals surface area contributed by atoms with Crippen molar-refractivity contribution in [3.63, 3.8) is 0 Å². The highest BCUT2D eigenvalue weighted by Gasteiger charge is 2.24. The standard InChI is InChI=1S/C22H26N2O3/c1-17-7-6-10-20(18(17)2)27-16-11-21(25)23-12-14-24(15-13-23)22(26)19-8-4-3-5-9-19/h3-10H,11-16H2,1-2H3. The Kier molecular flexibility index (Phi) is 6.12. The van der Waals surface area contributed by atoms with Crippen LogP contribution in [0.1, 0.15) is 27.9 Å². The minimum absolute atomic E-state index is 0.0287. The molecular formula is C22H26N2O3. The Labute approximate surface area is 160 Å². The number of aryl methyl sites for hydroxylation is 1. The van der Waals surface area contributed by atoms with E-state index in [0.717, 1.165) is 11.3 Å². The first-order valence-corrected chi connectivity index (χ1v) is 9.37. The van der Waals surface area contributed by atoms with Crippen molar-refractivity contribution in [1.82, 2.24) is 9.80 Å². The molecule has 0 radical (unpaired) electrons. The summed E-state index contributed by atoms with van der Waals surface area (Å²) in [6, 6.07) is 15.2. The molecule has 0 N–H and O–H groups in total. The van der Waals surface area contributed by atoms with Gasteiger partial charge in [-0.15, -0.1) is 0 Å². The van der Waals surface area contributed by atoms with Gasteiger partial charge in [0.15, 0.2) is 0 Å². The van der Waals surface area contributed by atoms with Crippen LogP contribution in [0.25, 0.3) is 0 Å². The minimum atomic E-state index is 0.0287. The summed E-state index contributed by atoms with van der Waals surface area (Å²) in [6.45, 7) is 6.71. The quantitative estimate of drug-likeness (QED) is 0.817. The fraction of sp³-hybridized carbons (Fsp3) is 0.364. The molecule has 5 nitrogen and oxygen atoms in total. The number of ether oxygens (including phenoxy) is 1. The molecule has 1 aliphatic rings. The van der Waals surface area contributed by atoms with E-state index in [-0.39, 0.29) is 11.8 Å². The Balaban J connectivity index is 1.44. The topological polar surface area (TPSA) is 49.9 Å². The van der Waals surface area contributed by atoms with Crippen molar-refractivity contribution in [3.8, 4) is 5.75 Å². The number of benzene rings is 2. The van der Waals surface area contributed by atoms with Crippen LogP contribution in [0.3, 0.4) is 0 Å². The summed E-state index contributed by atoms with van der Waals surface area (Å²) in [7, 11) is 0. The van der Waals surface area contributed by atoms with E-state index >= 15 is 0 Å². The van der Waals surface area contributed by atoms with Crippen LogP contribution < -0.4 is 4.74 Å². The number of amides is 2. The lowest BCUT2D eigenvalue weighted by Gasteiger charge is -2.35. The zero-order valence-electron chi connectivity index (χ0n) is 16.0. The number of carbonyl (C=O) groups excluding carboxylic acids is 2. The summed E-state index contributed by atoms with van der Waals surface area (Å²) < 4.78 is 5.78. The Morgan fingerprint density at radius 2 is 1.56 bits per heavy atom. The molecule has 1 heterocycles. The third-order valence-corrected chi connectivity index (χ3v) is 5.07. The second-order valence-corrected chi connectivity index (χ2v) is 6.84. The average molecular weight is 366 g/mol. The van der Waals surface area contributed by atoms with Gasteiger partial charge in [-0.3, -0.25) is 9.59 Å². The summed E-state index contributed by atoms with van der Waals surface area (Å²) in [6.07, 6.45) is 0.347. The van der Waals surface area contributed by atoms with E-state index in [1.54, 1.807) is 0 Å². The molecule has 27 heavy (non-hydrogen) atoms. The fourth-order valence-corrected chi connectivity index (χ4v) is 3.21. The van der Waals surface area contributed by atoms with Gasteiger partial charge in [-0.25, -0.2) is 0 Å². The third kappa shape index (κ3) is 4.67. The zero-order chi connectivity index (χ0) is 19.2. The molecule has 0 unspecified atom stereocenters. The average Bonchev–Trinajstić information content (AvgIpc) is 2.71. The normalized spacial score (nSPS) is 14.1. The van der Waals surface area contributed by atoms with Gasteiger partial charge < -0.3 is 14.5 Å². The van der Waals surface area contributed by atoms with Crippen LogP contribution in [0.4, 0.5) is 0 Å². The number of nitrogens with zero attached hydrogens (tertiary/aromatic N) is 2. The highest BCUT2D eigenvalue weighted by atomic mass is 16.5. The number of rotatable bonds is 5. The van der Waals surface area contributed by atoms with Crippen molar-refractivity contribution in [3.05, 3.63) is 65.2 Å². The van der Waals surface area contributed by atoms with Crippen LogP contribution in [0.15, 0.2) is 48.5 Å². The molecule has 3 rings (SSSR count). The molecule has 1 fully saturated rings. The van der Waals surface area contributed by atoms with Crippen molar-refractivity contribution >= 4 is 11.8 Å². The summed E-state index contributed by atoms with van der Waals surface area (Å²) in [5.41, 5.74) is 2.98. The first kappa shape index (κ1) is 19.0. The highest BCUT2D eigenvalue weighted by molar-refractivity contribution is 5.94. The van der Waals surface area contributed by atoms with E-state index in [2.05, 4.69) is 0 Å². The number of hydrogen-bond acceptors (Lipinski definition) is 3. The van der Waals surface area contributed by atoms with Crippen LogP contribution in [0.5, 0.6) is 5.75 Å². The molecule has 0 aromatic heterocycles. The summed E-state index contributed by atoms with van der Waals surface area (Å²) in [5.74, 6) is 0.939. The predicted molar refractivity (Wildman–Crippen MR) is 105 cm³/mol. The molecule has 0 bridgehead atoms. The third-order valence-electron chi connectivity index (χ3n) is 5.07. The van der Waals surface area contributed by atoms with Crippen LogP contribution in [-0.2, 0) is 4.79 Å². The smallest absolute Gasteiger partial charge is 0.253 e. The Bertz CT molecular complexity index is 796. The molecule has 0 aliphatic carbocycles. The van der Waals surface area contributed by atoms with E-state index in [4.69, 9.17) is 4.74 Å². The molecule has 142 valence electrons. The van der Waals surface area contributed by atoms with Gasteiger partial charge in [0.2, 0.25) is 5.91 Å². The maximum Gasteiger partial charge on any atom is 0.253 e. The van der Waals surface area contributed by atoms with Gasteiger partial charge in [0.25, 0.3) is 5.91 Å². The molecular weight excluding hydrogens is 340 g/mol. The molecule has 2 amide bonds. The van der Waals surface area contributed by atoms with E-state index in [1.807, 2.05) is 72.2 Å². The molecule has 2 aromatic carbocycles. The maximum absolute atomic E-state index is 12.5. The maximum atomic E-state index is 12.5. The number of piperazine rings is 1. The lowest BCUT2D eigenvalue weighted by atomic mass is 10.1. The van der Waals surface area contributed by atoms with Crippen molar-refractivity contribution in [2.24, 2.45) is 0 Å². The van der Waals surface area contributed by atoms with E-state index in [1.165, 1.54) is 5.56 Å². The van der Waals surface area contributed by atoms with E-state index < -0.39 is 0 Å². The largest absolute Gasteiger partial charge is 0.493 e. The Morgan fingerprint density at radius 1 is 0.889 bits per heavy atom. The van der Waals surface area contributed by atoms with Crippen molar-refractivity contribution < 1.29 is 14.3 Å². The second-order valence-electron chi connectivity index (χ2n) is 6.84. The second kappa shape index (κ2) is 8.71. The molecule has 0 spiro atoms. The lowest BCUT2D eigenvalue weighted by Crippen LogP contribution is -2.50. The molecule has 5 heteroatoms. The van der Waals surface area contributed by atoms with Gasteiger partial charge in [0, 0.05) is 31.7 Å². The number of hydrogen-bond donors (Lipinski definition) is 0. The lowest BCUT2D eigenvalue weighted by molar-refractivity contribution is -0.133. The molecule has 1 aliphatic heterocycles. The van der Waals surface area contributed by atoms with Crippen molar-refractivity contribution in [1.29, 1.82) is 0 Å². The van der Waals surface area contributed by atoms with E-state index in [0.29, 0.717) is 44.8 Å². The van der Waals surface area contributed by atoms with Gasteiger partial charge in [0.05, 0.1) is 13.0 Å². The molecule has 1 saturated heterocycles. The van der Waals surface area contributed by atoms with Gasteiger partial charge in [0.1, 0.15) is 5.75 Å². The molecule has 2 aromatic rings. The first-order valence-electron chi connectivity index (χ1n) is 9.37. The summed E-state index contributed by atoms with van der Waals surface area (Å²) in [5, 5.41) is 0. The fourth-order valence-electron chi connectivity index (χ4n) is 3.21. The zero-order valence-corrected chi connectivity index (χ0v) is 16.0. The molecule has 0 atom stereocenters. The summed E-state index contributed by atoms with van der Waals surface area (Å²) in [4.78, 5) is 28.5. The highest BCUT2D eigenvalue weighted by Crippen LogP contribution is 2.20. The van der Waals surface area contributed by atoms with Crippen LogP contribution in [0.2, 0.25) is 0 Å². The van der Waals surface area contributed by atoms with Gasteiger partial charge in [-0.2, -0.15) is 0 Å².